The van der Waals surface area contributed by atoms with E-state index < -0.39 is 0 Å². The summed E-state index contributed by atoms with van der Waals surface area (Å²) < 4.78 is 0. The van der Waals surface area contributed by atoms with Crippen molar-refractivity contribution in [2.24, 2.45) is 0 Å². The molecule has 2 aliphatic carbocycles. The van der Waals surface area contributed by atoms with Gasteiger partial charge in [0.05, 0.1) is 0 Å². The van der Waals surface area contributed by atoms with Gasteiger partial charge in [0, 0.05) is 18.7 Å². The van der Waals surface area contributed by atoms with E-state index in [1.165, 1.54) is 44.1 Å². The molecule has 0 saturated carbocycles. The first kappa shape index (κ1) is 16.2. The van der Waals surface area contributed by atoms with Crippen LogP contribution in [-0.4, -0.2) is 18.1 Å². The largest absolute Gasteiger partial charge is 0.358 e. The molecule has 1 spiro atoms. The number of H-pyrrole nitrogens is 1. The lowest BCUT2D eigenvalue weighted by Gasteiger charge is -2.46. The van der Waals surface area contributed by atoms with E-state index in [2.05, 4.69) is 40.2 Å². The molecule has 1 saturated heterocycles. The third-order valence-electron chi connectivity index (χ3n) is 7.09. The highest BCUT2D eigenvalue weighted by molar-refractivity contribution is 5.46. The van der Waals surface area contributed by atoms with Gasteiger partial charge in [-0.25, -0.2) is 0 Å². The van der Waals surface area contributed by atoms with Crippen molar-refractivity contribution >= 4 is 5.82 Å². The van der Waals surface area contributed by atoms with Gasteiger partial charge in [-0.1, -0.05) is 24.3 Å². The van der Waals surface area contributed by atoms with Gasteiger partial charge in [-0.05, 0) is 86.0 Å². The molecule has 2 aromatic rings. The minimum atomic E-state index is 0.153. The van der Waals surface area contributed by atoms with Crippen LogP contribution in [0.25, 0.3) is 0 Å². The van der Waals surface area contributed by atoms with Crippen LogP contribution in [0.4, 0.5) is 5.82 Å². The maximum atomic E-state index is 12.5. The predicted molar refractivity (Wildman–Crippen MR) is 106 cm³/mol. The average Bonchev–Trinajstić information content (AvgIpc) is 2.69. The fourth-order valence-electron chi connectivity index (χ4n) is 5.61. The lowest BCUT2D eigenvalue weighted by Crippen LogP contribution is -2.45. The molecule has 3 heteroatoms. The number of benzene rings is 1. The minimum absolute atomic E-state index is 0.153. The zero-order valence-corrected chi connectivity index (χ0v) is 15.5. The summed E-state index contributed by atoms with van der Waals surface area (Å²) in [6.45, 7) is 2.09. The molecule has 0 unspecified atom stereocenters. The van der Waals surface area contributed by atoms with Crippen molar-refractivity contribution in [1.82, 2.24) is 4.98 Å². The predicted octanol–water partition coefficient (Wildman–Crippen LogP) is 4.13. The molecule has 0 atom stereocenters. The molecule has 0 radical (unpaired) electrons. The number of rotatable bonds is 1. The first-order valence-corrected chi connectivity index (χ1v) is 10.3. The van der Waals surface area contributed by atoms with Crippen LogP contribution in [0, 0.1) is 0 Å². The summed E-state index contributed by atoms with van der Waals surface area (Å²) in [5.41, 5.74) is 6.01. The number of nitrogens with zero attached hydrogens (tertiary/aromatic N) is 1. The second-order valence-electron chi connectivity index (χ2n) is 8.47. The highest BCUT2D eigenvalue weighted by Gasteiger charge is 2.39. The summed E-state index contributed by atoms with van der Waals surface area (Å²) in [7, 11) is 0. The Bertz CT molecular complexity index is 874. The molecule has 1 aromatic heterocycles. The number of pyridine rings is 1. The van der Waals surface area contributed by atoms with E-state index in [0.717, 1.165) is 43.7 Å². The van der Waals surface area contributed by atoms with Crippen molar-refractivity contribution in [3.05, 3.63) is 62.9 Å². The van der Waals surface area contributed by atoms with Gasteiger partial charge >= 0.3 is 0 Å². The summed E-state index contributed by atoms with van der Waals surface area (Å²) in [4.78, 5) is 18.1. The van der Waals surface area contributed by atoms with Crippen molar-refractivity contribution in [2.45, 2.75) is 63.2 Å². The first-order valence-electron chi connectivity index (χ1n) is 10.3. The molecule has 2 heterocycles. The number of aryl methyl sites for hydroxylation is 2. The second kappa shape index (κ2) is 6.29. The summed E-state index contributed by atoms with van der Waals surface area (Å²) in [6, 6.07) is 11.3. The van der Waals surface area contributed by atoms with Crippen molar-refractivity contribution < 1.29 is 0 Å². The topological polar surface area (TPSA) is 36.1 Å². The lowest BCUT2D eigenvalue weighted by molar-refractivity contribution is 0.286. The number of aromatic nitrogens is 1. The van der Waals surface area contributed by atoms with Gasteiger partial charge < -0.3 is 9.88 Å². The van der Waals surface area contributed by atoms with E-state index in [4.69, 9.17) is 0 Å². The quantitative estimate of drug-likeness (QED) is 0.841. The summed E-state index contributed by atoms with van der Waals surface area (Å²) in [5.74, 6) is 1.05. The van der Waals surface area contributed by atoms with Crippen LogP contribution >= 0.6 is 0 Å². The minimum Gasteiger partial charge on any atom is -0.358 e. The normalized spacial score (nSPS) is 21.3. The number of fused-ring (bicyclic) bond motifs is 3. The van der Waals surface area contributed by atoms with Crippen LogP contribution in [0.15, 0.2) is 35.1 Å². The molecule has 0 amide bonds. The molecule has 26 heavy (non-hydrogen) atoms. The van der Waals surface area contributed by atoms with Gasteiger partial charge in [-0.2, -0.15) is 0 Å². The Morgan fingerprint density at radius 2 is 1.65 bits per heavy atom. The van der Waals surface area contributed by atoms with E-state index >= 15 is 0 Å². The van der Waals surface area contributed by atoms with E-state index in [-0.39, 0.29) is 5.56 Å². The highest BCUT2D eigenvalue weighted by Crippen LogP contribution is 2.45. The second-order valence-corrected chi connectivity index (χ2v) is 8.47. The summed E-state index contributed by atoms with van der Waals surface area (Å²) >= 11 is 0. The molecule has 1 aromatic carbocycles. The van der Waals surface area contributed by atoms with E-state index in [1.807, 2.05) is 0 Å². The maximum Gasteiger partial charge on any atom is 0.252 e. The van der Waals surface area contributed by atoms with Gasteiger partial charge in [0.15, 0.2) is 0 Å². The Morgan fingerprint density at radius 3 is 2.54 bits per heavy atom. The van der Waals surface area contributed by atoms with E-state index in [0.29, 0.717) is 5.41 Å². The monoisotopic (exact) mass is 348 g/mol. The van der Waals surface area contributed by atoms with Crippen molar-refractivity contribution in [1.29, 1.82) is 0 Å². The Balaban J connectivity index is 1.40. The van der Waals surface area contributed by atoms with Crippen LogP contribution in [0.3, 0.4) is 0 Å². The van der Waals surface area contributed by atoms with Crippen LogP contribution < -0.4 is 10.5 Å². The molecule has 0 bridgehead atoms. The lowest BCUT2D eigenvalue weighted by atomic mass is 9.65. The van der Waals surface area contributed by atoms with Crippen LogP contribution in [0.2, 0.25) is 0 Å². The Hall–Kier alpha value is -2.03. The van der Waals surface area contributed by atoms with E-state index in [1.54, 1.807) is 11.1 Å². The van der Waals surface area contributed by atoms with Gasteiger partial charge in [-0.15, -0.1) is 0 Å². The Morgan fingerprint density at radius 1 is 0.885 bits per heavy atom. The maximum absolute atomic E-state index is 12.5. The number of hydrogen-bond donors (Lipinski definition) is 1. The fraction of sp³-hybridized carbons (Fsp3) is 0.522. The van der Waals surface area contributed by atoms with Crippen LogP contribution in [0.5, 0.6) is 0 Å². The molecule has 136 valence electrons. The molecule has 3 nitrogen and oxygen atoms in total. The SMILES string of the molecule is O=c1[nH]c(N2CCC3(CCCc4ccccc43)CC2)cc2c1CCCC2. The van der Waals surface area contributed by atoms with Gasteiger partial charge in [0.25, 0.3) is 5.56 Å². The van der Waals surface area contributed by atoms with E-state index in [9.17, 15) is 4.79 Å². The van der Waals surface area contributed by atoms with Crippen molar-refractivity contribution in [3.63, 3.8) is 0 Å². The third-order valence-corrected chi connectivity index (χ3v) is 7.09. The smallest absolute Gasteiger partial charge is 0.252 e. The fourth-order valence-corrected chi connectivity index (χ4v) is 5.61. The number of aromatic amines is 1. The molecule has 3 aliphatic rings. The molecule has 1 aliphatic heterocycles. The van der Waals surface area contributed by atoms with Crippen molar-refractivity contribution in [2.75, 3.05) is 18.0 Å². The zero-order chi connectivity index (χ0) is 17.6. The molecule has 1 fully saturated rings. The zero-order valence-electron chi connectivity index (χ0n) is 15.5. The Labute approximate surface area is 155 Å². The van der Waals surface area contributed by atoms with Crippen LogP contribution in [0.1, 0.15) is 60.8 Å². The molecular formula is C23H28N2O. The standard InChI is InChI=1S/C23H28N2O/c26-22-19-9-3-1-7-18(19)16-21(24-22)25-14-12-23(13-15-25)11-5-8-17-6-2-4-10-20(17)23/h2,4,6,10,16H,1,3,5,7-9,11-15H2,(H,24,26). The van der Waals surface area contributed by atoms with Gasteiger partial charge in [0.2, 0.25) is 0 Å². The third kappa shape index (κ3) is 2.60. The number of anilines is 1. The average molecular weight is 348 g/mol. The number of hydrogen-bond acceptors (Lipinski definition) is 2. The molecule has 1 N–H and O–H groups in total. The number of piperidine rings is 1. The number of nitrogens with one attached hydrogen (secondary N) is 1. The van der Waals surface area contributed by atoms with Gasteiger partial charge in [0.1, 0.15) is 5.82 Å². The van der Waals surface area contributed by atoms with Crippen LogP contribution in [-0.2, 0) is 24.7 Å². The highest BCUT2D eigenvalue weighted by atomic mass is 16.1. The molecular weight excluding hydrogens is 320 g/mol. The Kier molecular flexibility index (Phi) is 3.91. The summed E-state index contributed by atoms with van der Waals surface area (Å²) in [6.07, 6.45) is 10.6. The van der Waals surface area contributed by atoms with Crippen molar-refractivity contribution in [3.8, 4) is 0 Å². The molecule has 5 rings (SSSR count). The first-order chi connectivity index (χ1) is 12.8. The van der Waals surface area contributed by atoms with Gasteiger partial charge in [-0.3, -0.25) is 4.79 Å². The summed E-state index contributed by atoms with van der Waals surface area (Å²) in [5, 5.41) is 0.